The Kier molecular flexibility index (Phi) is 10.8. The lowest BCUT2D eigenvalue weighted by Crippen LogP contribution is -2.60. The molecule has 41 heavy (non-hydrogen) atoms. The number of piperidine rings is 1. The van der Waals surface area contributed by atoms with Crippen molar-refractivity contribution in [1.29, 1.82) is 0 Å². The van der Waals surface area contributed by atoms with E-state index in [0.717, 1.165) is 25.1 Å². The molecule has 7 nitrogen and oxygen atoms in total. The molecular weight excluding hydrogens is 534 g/mol. The number of hydrogen-bond acceptors (Lipinski definition) is 6. The van der Waals surface area contributed by atoms with Crippen LogP contribution in [0, 0.1) is 18.8 Å². The third-order valence-electron chi connectivity index (χ3n) is 8.46. The monoisotopic (exact) mass is 581 g/mol. The second kappa shape index (κ2) is 14.1. The van der Waals surface area contributed by atoms with Crippen molar-refractivity contribution in [2.75, 3.05) is 18.8 Å². The number of aliphatic hydroxyl groups excluding tert-OH is 1. The summed E-state index contributed by atoms with van der Waals surface area (Å²) < 4.78 is 0. The number of carbonyl (C=O) groups excluding carboxylic acids is 2. The number of nitrogens with zero attached hydrogens (tertiary/aromatic N) is 1. The Hall–Kier alpha value is -2.55. The molecular formula is C33H47N3O4S. The summed E-state index contributed by atoms with van der Waals surface area (Å²) in [4.78, 5) is 29.0. The predicted octanol–water partition coefficient (Wildman–Crippen LogP) is 4.89. The minimum absolute atomic E-state index is 0.0168. The Morgan fingerprint density at radius 2 is 1.76 bits per heavy atom. The van der Waals surface area contributed by atoms with Crippen LogP contribution in [0.25, 0.3) is 0 Å². The maximum Gasteiger partial charge on any atom is 0.252 e. The molecule has 4 N–H and O–H groups in total. The summed E-state index contributed by atoms with van der Waals surface area (Å²) >= 11 is 1.66. The van der Waals surface area contributed by atoms with E-state index in [0.29, 0.717) is 35.3 Å². The van der Waals surface area contributed by atoms with Gasteiger partial charge in [0, 0.05) is 41.3 Å². The summed E-state index contributed by atoms with van der Waals surface area (Å²) in [5.74, 6) is 2.10. The van der Waals surface area contributed by atoms with Gasteiger partial charge in [-0.15, -0.1) is 0 Å². The summed E-state index contributed by atoms with van der Waals surface area (Å²) in [7, 11) is 0. The lowest BCUT2D eigenvalue weighted by molar-refractivity contribution is -0.132. The van der Waals surface area contributed by atoms with Gasteiger partial charge in [0.1, 0.15) is 5.75 Å². The van der Waals surface area contributed by atoms with Gasteiger partial charge in [-0.1, -0.05) is 55.7 Å². The van der Waals surface area contributed by atoms with Gasteiger partial charge in [-0.2, -0.15) is 11.8 Å². The molecule has 2 aromatic carbocycles. The van der Waals surface area contributed by atoms with Crippen molar-refractivity contribution in [3.63, 3.8) is 0 Å². The molecule has 0 bridgehead atoms. The number of thioether (sulfide) groups is 1. The molecule has 2 fully saturated rings. The van der Waals surface area contributed by atoms with Crippen molar-refractivity contribution in [3.8, 4) is 5.75 Å². The van der Waals surface area contributed by atoms with Gasteiger partial charge < -0.3 is 20.8 Å². The molecule has 2 amide bonds. The highest BCUT2D eigenvalue weighted by Gasteiger charge is 2.41. The van der Waals surface area contributed by atoms with Gasteiger partial charge in [-0.3, -0.25) is 14.5 Å². The fraction of sp³-hybridized carbons (Fsp3) is 0.576. The average molecular weight is 582 g/mol. The van der Waals surface area contributed by atoms with Crippen LogP contribution in [-0.4, -0.2) is 69.5 Å². The summed E-state index contributed by atoms with van der Waals surface area (Å²) in [6, 6.07) is 14.2. The maximum absolute atomic E-state index is 13.5. The van der Waals surface area contributed by atoms with E-state index >= 15 is 0 Å². The van der Waals surface area contributed by atoms with Crippen molar-refractivity contribution in [3.05, 3.63) is 65.2 Å². The quantitative estimate of drug-likeness (QED) is 0.319. The van der Waals surface area contributed by atoms with Crippen LogP contribution in [0.1, 0.15) is 74.4 Å². The van der Waals surface area contributed by atoms with Crippen LogP contribution in [0.15, 0.2) is 48.5 Å². The van der Waals surface area contributed by atoms with Gasteiger partial charge in [-0.25, -0.2) is 0 Å². The molecule has 2 aliphatic rings. The van der Waals surface area contributed by atoms with Crippen LogP contribution in [0.3, 0.4) is 0 Å². The largest absolute Gasteiger partial charge is 0.508 e. The smallest absolute Gasteiger partial charge is 0.252 e. The number of aromatic hydroxyl groups is 1. The first kappa shape index (κ1) is 31.4. The topological polar surface area (TPSA) is 102 Å². The third kappa shape index (κ3) is 8.72. The van der Waals surface area contributed by atoms with E-state index in [-0.39, 0.29) is 29.1 Å². The van der Waals surface area contributed by atoms with Crippen molar-refractivity contribution >= 4 is 23.6 Å². The number of nitrogens with one attached hydrogen (secondary N) is 2. The molecule has 5 unspecified atom stereocenters. The van der Waals surface area contributed by atoms with Crippen LogP contribution in [0.5, 0.6) is 5.75 Å². The van der Waals surface area contributed by atoms with Gasteiger partial charge in [0.05, 0.1) is 18.2 Å². The van der Waals surface area contributed by atoms with Crippen molar-refractivity contribution in [1.82, 2.24) is 15.5 Å². The average Bonchev–Trinajstić information content (AvgIpc) is 2.93. The number of phenols is 1. The fourth-order valence-corrected chi connectivity index (χ4v) is 7.34. The summed E-state index contributed by atoms with van der Waals surface area (Å²) in [5, 5.41) is 28.1. The molecule has 8 heteroatoms. The van der Waals surface area contributed by atoms with E-state index in [2.05, 4.69) is 27.7 Å². The van der Waals surface area contributed by atoms with Crippen LogP contribution >= 0.6 is 11.8 Å². The van der Waals surface area contributed by atoms with E-state index in [1.807, 2.05) is 39.0 Å². The van der Waals surface area contributed by atoms with Crippen LogP contribution < -0.4 is 10.6 Å². The SMILES string of the molecule is Cc1c(O)cccc1C(=O)NC(CSCc1ccccc1)C(O)CN1CC2CCCCC2CC1C(=O)NC(C)(C)C. The van der Waals surface area contributed by atoms with Crippen molar-refractivity contribution in [2.45, 2.75) is 89.3 Å². The van der Waals surface area contributed by atoms with E-state index in [9.17, 15) is 19.8 Å². The lowest BCUT2D eigenvalue weighted by atomic mass is 9.72. The van der Waals surface area contributed by atoms with Crippen LogP contribution in [0.2, 0.25) is 0 Å². The number of hydrogen-bond donors (Lipinski definition) is 4. The molecule has 0 spiro atoms. The Balaban J connectivity index is 1.51. The number of rotatable bonds is 10. The highest BCUT2D eigenvalue weighted by atomic mass is 32.2. The molecule has 2 aromatic rings. The molecule has 1 heterocycles. The lowest BCUT2D eigenvalue weighted by Gasteiger charge is -2.47. The highest BCUT2D eigenvalue weighted by molar-refractivity contribution is 7.98. The number of β-amino-alcohol motifs (C(OH)–C–C–N with tert-alkyl or cyclic N) is 1. The van der Waals surface area contributed by atoms with E-state index < -0.39 is 12.1 Å². The Bertz CT molecular complexity index is 1170. The van der Waals surface area contributed by atoms with Gasteiger partial charge in [0.2, 0.25) is 5.91 Å². The van der Waals surface area contributed by atoms with Crippen molar-refractivity contribution in [2.24, 2.45) is 11.8 Å². The molecule has 4 rings (SSSR count). The Morgan fingerprint density at radius 3 is 2.46 bits per heavy atom. The first-order chi connectivity index (χ1) is 19.5. The molecule has 1 aliphatic carbocycles. The molecule has 1 saturated carbocycles. The number of benzene rings is 2. The summed E-state index contributed by atoms with van der Waals surface area (Å²) in [5.41, 5.74) is 1.74. The maximum atomic E-state index is 13.5. The normalized spacial score (nSPS) is 22.8. The van der Waals surface area contributed by atoms with E-state index in [4.69, 9.17) is 0 Å². The van der Waals surface area contributed by atoms with Gasteiger partial charge in [-0.05, 0) is 70.1 Å². The predicted molar refractivity (Wildman–Crippen MR) is 166 cm³/mol. The van der Waals surface area contributed by atoms with Gasteiger partial charge >= 0.3 is 0 Å². The molecule has 0 aromatic heterocycles. The highest BCUT2D eigenvalue weighted by Crippen LogP contribution is 2.39. The minimum Gasteiger partial charge on any atom is -0.508 e. The number of likely N-dealkylation sites (tertiary alicyclic amines) is 1. The number of aliphatic hydroxyl groups is 1. The molecule has 1 aliphatic heterocycles. The fourth-order valence-electron chi connectivity index (χ4n) is 6.24. The zero-order valence-electron chi connectivity index (χ0n) is 24.9. The molecule has 5 atom stereocenters. The zero-order valence-corrected chi connectivity index (χ0v) is 25.8. The second-order valence-electron chi connectivity index (χ2n) is 12.8. The number of fused-ring (bicyclic) bond motifs is 1. The Labute approximate surface area is 249 Å². The molecule has 224 valence electrons. The second-order valence-corrected chi connectivity index (χ2v) is 13.9. The summed E-state index contributed by atoms with van der Waals surface area (Å²) in [6.07, 6.45) is 4.70. The number of phenolic OH excluding ortho intramolecular Hbond substituents is 1. The molecule has 0 radical (unpaired) electrons. The minimum atomic E-state index is -0.870. The van der Waals surface area contributed by atoms with Crippen molar-refractivity contribution < 1.29 is 19.8 Å². The Morgan fingerprint density at radius 1 is 1.05 bits per heavy atom. The van der Waals surface area contributed by atoms with Gasteiger partial charge in [0.25, 0.3) is 5.91 Å². The zero-order chi connectivity index (χ0) is 29.6. The van der Waals surface area contributed by atoms with Gasteiger partial charge in [0.15, 0.2) is 0 Å². The van der Waals surface area contributed by atoms with Crippen LogP contribution in [0.4, 0.5) is 0 Å². The first-order valence-electron chi connectivity index (χ1n) is 15.0. The third-order valence-corrected chi connectivity index (χ3v) is 9.60. The standard InChI is InChI=1S/C33H47N3O4S/c1-22-26(15-10-16-29(22)37)31(39)34-27(21-41-20-23-11-6-5-7-12-23)30(38)19-36-18-25-14-9-8-13-24(25)17-28(36)32(40)35-33(2,3)4/h5-7,10-12,15-16,24-25,27-28,30,37-38H,8-9,13-14,17-21H2,1-4H3,(H,34,39)(H,35,40). The van der Waals surface area contributed by atoms with E-state index in [1.165, 1.54) is 24.8 Å². The van der Waals surface area contributed by atoms with Crippen LogP contribution in [-0.2, 0) is 10.5 Å². The first-order valence-corrected chi connectivity index (χ1v) is 16.1. The summed E-state index contributed by atoms with van der Waals surface area (Å²) in [6.45, 7) is 8.79. The number of amides is 2. The number of carbonyl (C=O) groups is 2. The van der Waals surface area contributed by atoms with E-state index in [1.54, 1.807) is 36.9 Å². The molecule has 1 saturated heterocycles.